The van der Waals surface area contributed by atoms with Gasteiger partial charge in [-0.15, -0.1) is 0 Å². The van der Waals surface area contributed by atoms with Gasteiger partial charge in [-0.25, -0.2) is 0 Å². The highest BCUT2D eigenvalue weighted by Gasteiger charge is 2.24. The van der Waals surface area contributed by atoms with Crippen molar-refractivity contribution in [3.05, 3.63) is 35.9 Å². The molecular weight excluding hydrogens is 230 g/mol. The number of rotatable bonds is 7. The number of ether oxygens (including phenoxy) is 1. The van der Waals surface area contributed by atoms with Gasteiger partial charge in [0.2, 0.25) is 0 Å². The second-order valence-corrected chi connectivity index (χ2v) is 4.65. The maximum Gasteiger partial charge on any atom is 0.325 e. The van der Waals surface area contributed by atoms with Crippen molar-refractivity contribution in [3.63, 3.8) is 0 Å². The van der Waals surface area contributed by atoms with E-state index in [0.29, 0.717) is 12.5 Å². The zero-order valence-corrected chi connectivity index (χ0v) is 11.1. The second-order valence-electron chi connectivity index (χ2n) is 4.65. The van der Waals surface area contributed by atoms with Crippen LogP contribution in [0, 0.1) is 5.92 Å². The maximum absolute atomic E-state index is 11.4. The summed E-state index contributed by atoms with van der Waals surface area (Å²) < 4.78 is 5.13. The molecule has 1 rings (SSSR count). The molecular formula is C14H21NO3. The Labute approximate surface area is 108 Å². The Hall–Kier alpha value is -1.39. The molecule has 1 aromatic rings. The van der Waals surface area contributed by atoms with Gasteiger partial charge in [-0.1, -0.05) is 44.2 Å². The van der Waals surface area contributed by atoms with Crippen molar-refractivity contribution in [3.8, 4) is 0 Å². The summed E-state index contributed by atoms with van der Waals surface area (Å²) in [4.78, 5) is 11.4. The molecule has 100 valence electrons. The quantitative estimate of drug-likeness (QED) is 0.779. The molecule has 0 spiro atoms. The van der Waals surface area contributed by atoms with E-state index >= 15 is 0 Å². The maximum atomic E-state index is 11.4. The van der Waals surface area contributed by atoms with Crippen molar-refractivity contribution < 1.29 is 14.6 Å². The van der Waals surface area contributed by atoms with E-state index in [1.165, 1.54) is 0 Å². The van der Waals surface area contributed by atoms with Gasteiger partial charge in [0.05, 0.1) is 6.61 Å². The number of aliphatic carboxylic acids is 1. The summed E-state index contributed by atoms with van der Waals surface area (Å²) >= 11 is 0. The van der Waals surface area contributed by atoms with E-state index in [4.69, 9.17) is 4.74 Å². The number of carbonyl (C=O) groups is 1. The van der Waals surface area contributed by atoms with Crippen LogP contribution in [0.1, 0.15) is 25.5 Å². The molecule has 0 saturated heterocycles. The molecule has 2 unspecified atom stereocenters. The highest BCUT2D eigenvalue weighted by Crippen LogP contribution is 2.16. The van der Waals surface area contributed by atoms with E-state index in [1.54, 1.807) is 7.11 Å². The average Bonchev–Trinajstić information content (AvgIpc) is 2.34. The molecule has 0 amide bonds. The predicted octanol–water partition coefficient (Wildman–Crippen LogP) is 2.07. The molecule has 4 nitrogen and oxygen atoms in total. The molecule has 0 aliphatic carbocycles. The van der Waals surface area contributed by atoms with Crippen LogP contribution in [0.15, 0.2) is 30.3 Å². The zero-order valence-electron chi connectivity index (χ0n) is 11.1. The topological polar surface area (TPSA) is 58.6 Å². The molecule has 18 heavy (non-hydrogen) atoms. The molecule has 0 aliphatic heterocycles. The van der Waals surface area contributed by atoms with Crippen molar-refractivity contribution in [1.82, 2.24) is 5.32 Å². The molecule has 0 fully saturated rings. The fraction of sp³-hybridized carbons (Fsp3) is 0.500. The van der Waals surface area contributed by atoms with Gasteiger partial charge in [-0.2, -0.15) is 0 Å². The van der Waals surface area contributed by atoms with Crippen LogP contribution in [0.2, 0.25) is 0 Å². The number of carboxylic acids is 1. The van der Waals surface area contributed by atoms with Gasteiger partial charge < -0.3 is 9.84 Å². The first-order valence-electron chi connectivity index (χ1n) is 6.09. The lowest BCUT2D eigenvalue weighted by atomic mass is 10.0. The standard InChI is InChI=1S/C14H21NO3/c1-10(2)12(9-18-3)15-13(14(16)17)11-7-5-4-6-8-11/h4-8,10,12-13,15H,9H2,1-3H3,(H,16,17). The monoisotopic (exact) mass is 251 g/mol. The number of methoxy groups -OCH3 is 1. The van der Waals surface area contributed by atoms with Crippen molar-refractivity contribution >= 4 is 5.97 Å². The summed E-state index contributed by atoms with van der Waals surface area (Å²) in [6.45, 7) is 4.58. The fourth-order valence-electron chi connectivity index (χ4n) is 1.78. The van der Waals surface area contributed by atoms with Crippen molar-refractivity contribution in [2.45, 2.75) is 25.9 Å². The third-order valence-electron chi connectivity index (χ3n) is 2.91. The summed E-state index contributed by atoms with van der Waals surface area (Å²) in [6, 6.07) is 8.50. The van der Waals surface area contributed by atoms with Crippen LogP contribution in [0.5, 0.6) is 0 Å². The Morgan fingerprint density at radius 2 is 1.94 bits per heavy atom. The fourth-order valence-corrected chi connectivity index (χ4v) is 1.78. The number of hydrogen-bond donors (Lipinski definition) is 2. The molecule has 0 bridgehead atoms. The van der Waals surface area contributed by atoms with Gasteiger partial charge in [0.15, 0.2) is 0 Å². The van der Waals surface area contributed by atoms with Gasteiger partial charge in [0.1, 0.15) is 6.04 Å². The Morgan fingerprint density at radius 1 is 1.33 bits per heavy atom. The normalized spacial score (nSPS) is 14.4. The van der Waals surface area contributed by atoms with Gasteiger partial charge >= 0.3 is 5.97 Å². The molecule has 0 heterocycles. The van der Waals surface area contributed by atoms with Crippen LogP contribution >= 0.6 is 0 Å². The number of hydrogen-bond acceptors (Lipinski definition) is 3. The first-order valence-corrected chi connectivity index (χ1v) is 6.09. The Bertz CT molecular complexity index is 365. The van der Waals surface area contributed by atoms with E-state index in [2.05, 4.69) is 5.32 Å². The lowest BCUT2D eigenvalue weighted by Gasteiger charge is -2.26. The molecule has 0 aromatic heterocycles. The highest BCUT2D eigenvalue weighted by molar-refractivity contribution is 5.75. The van der Waals surface area contributed by atoms with E-state index in [1.807, 2.05) is 44.2 Å². The molecule has 1 aromatic carbocycles. The van der Waals surface area contributed by atoms with Crippen LogP contribution in [0.25, 0.3) is 0 Å². The lowest BCUT2D eigenvalue weighted by molar-refractivity contribution is -0.140. The Kier molecular flexibility index (Phi) is 5.82. The minimum absolute atomic E-state index is 0.0105. The Morgan fingerprint density at radius 3 is 2.39 bits per heavy atom. The van der Waals surface area contributed by atoms with Crippen LogP contribution < -0.4 is 5.32 Å². The third-order valence-corrected chi connectivity index (χ3v) is 2.91. The highest BCUT2D eigenvalue weighted by atomic mass is 16.5. The molecule has 0 radical (unpaired) electrons. The van der Waals surface area contributed by atoms with E-state index in [0.717, 1.165) is 5.56 Å². The number of carboxylic acid groups (broad SMARTS) is 1. The minimum atomic E-state index is -0.872. The molecule has 2 N–H and O–H groups in total. The second kappa shape index (κ2) is 7.13. The Balaban J connectivity index is 2.83. The number of nitrogens with one attached hydrogen (secondary N) is 1. The van der Waals surface area contributed by atoms with E-state index in [9.17, 15) is 9.90 Å². The van der Waals surface area contributed by atoms with E-state index in [-0.39, 0.29) is 6.04 Å². The first kappa shape index (κ1) is 14.7. The minimum Gasteiger partial charge on any atom is -0.480 e. The van der Waals surface area contributed by atoms with Gasteiger partial charge in [0.25, 0.3) is 0 Å². The first-order chi connectivity index (χ1) is 8.56. The molecule has 0 aliphatic rings. The SMILES string of the molecule is COCC(NC(C(=O)O)c1ccccc1)C(C)C. The summed E-state index contributed by atoms with van der Waals surface area (Å²) in [5, 5.41) is 12.5. The van der Waals surface area contributed by atoms with Crippen molar-refractivity contribution in [1.29, 1.82) is 0 Å². The van der Waals surface area contributed by atoms with Crippen LogP contribution in [-0.2, 0) is 9.53 Å². The molecule has 4 heteroatoms. The van der Waals surface area contributed by atoms with Gasteiger partial charge in [-0.3, -0.25) is 10.1 Å². The van der Waals surface area contributed by atoms with Crippen molar-refractivity contribution in [2.75, 3.05) is 13.7 Å². The van der Waals surface area contributed by atoms with Crippen LogP contribution in [-0.4, -0.2) is 30.8 Å². The number of benzene rings is 1. The van der Waals surface area contributed by atoms with Crippen molar-refractivity contribution in [2.24, 2.45) is 5.92 Å². The summed E-state index contributed by atoms with van der Waals surface area (Å²) in [6.07, 6.45) is 0. The van der Waals surface area contributed by atoms with E-state index < -0.39 is 12.0 Å². The molecule has 2 atom stereocenters. The summed E-state index contributed by atoms with van der Waals surface area (Å²) in [5.74, 6) is -0.571. The summed E-state index contributed by atoms with van der Waals surface area (Å²) in [5.41, 5.74) is 0.756. The largest absolute Gasteiger partial charge is 0.480 e. The van der Waals surface area contributed by atoms with Gasteiger partial charge in [-0.05, 0) is 11.5 Å². The zero-order chi connectivity index (χ0) is 13.5. The smallest absolute Gasteiger partial charge is 0.325 e. The third kappa shape index (κ3) is 4.13. The van der Waals surface area contributed by atoms with Crippen LogP contribution in [0.4, 0.5) is 0 Å². The van der Waals surface area contributed by atoms with Gasteiger partial charge in [0, 0.05) is 13.2 Å². The van der Waals surface area contributed by atoms with Crippen LogP contribution in [0.3, 0.4) is 0 Å². The molecule has 0 saturated carbocycles. The predicted molar refractivity (Wildman–Crippen MR) is 70.5 cm³/mol. The average molecular weight is 251 g/mol. The summed E-state index contributed by atoms with van der Waals surface area (Å²) in [7, 11) is 1.62. The lowest BCUT2D eigenvalue weighted by Crippen LogP contribution is -2.42.